The van der Waals surface area contributed by atoms with Crippen molar-refractivity contribution in [2.45, 2.75) is 33.3 Å². The molecule has 2 rings (SSSR count). The fourth-order valence-electron chi connectivity index (χ4n) is 2.14. The Kier molecular flexibility index (Phi) is 3.78. The van der Waals surface area contributed by atoms with Crippen molar-refractivity contribution in [3.63, 3.8) is 0 Å². The lowest BCUT2D eigenvalue weighted by Crippen LogP contribution is -2.06. The number of aromatic nitrogens is 1. The normalized spacial score (nSPS) is 12.4. The average molecular weight is 241 g/mol. The van der Waals surface area contributed by atoms with Gasteiger partial charge in [-0.3, -0.25) is 4.98 Å². The molecule has 2 nitrogen and oxygen atoms in total. The van der Waals surface area contributed by atoms with Crippen molar-refractivity contribution in [3.05, 3.63) is 64.5 Å². The van der Waals surface area contributed by atoms with E-state index >= 15 is 0 Å². The quantitative estimate of drug-likeness (QED) is 0.894. The molecule has 2 heteroatoms. The van der Waals surface area contributed by atoms with Gasteiger partial charge in [-0.2, -0.15) is 0 Å². The molecule has 0 aliphatic carbocycles. The number of aryl methyl sites for hydroxylation is 3. The summed E-state index contributed by atoms with van der Waals surface area (Å²) in [5.41, 5.74) is 5.39. The lowest BCUT2D eigenvalue weighted by molar-refractivity contribution is 0.176. The van der Waals surface area contributed by atoms with Crippen molar-refractivity contribution in [1.29, 1.82) is 0 Å². The minimum atomic E-state index is -0.488. The minimum absolute atomic E-state index is 0.488. The maximum Gasteiger partial charge on any atom is 0.0848 e. The summed E-state index contributed by atoms with van der Waals surface area (Å²) in [5.74, 6) is 0. The lowest BCUT2D eigenvalue weighted by atomic mass is 9.97. The molecule has 0 aliphatic heterocycles. The van der Waals surface area contributed by atoms with Gasteiger partial charge in [0.15, 0.2) is 0 Å². The monoisotopic (exact) mass is 241 g/mol. The van der Waals surface area contributed by atoms with Gasteiger partial charge in [-0.25, -0.2) is 0 Å². The summed E-state index contributed by atoms with van der Waals surface area (Å²) >= 11 is 0. The second kappa shape index (κ2) is 5.32. The number of benzene rings is 1. The highest BCUT2D eigenvalue weighted by Crippen LogP contribution is 2.23. The Hall–Kier alpha value is -1.67. The molecule has 0 amide bonds. The van der Waals surface area contributed by atoms with E-state index in [1.54, 1.807) is 6.20 Å². The van der Waals surface area contributed by atoms with E-state index in [2.05, 4.69) is 23.2 Å². The molecule has 0 radical (unpaired) electrons. The molecule has 1 unspecified atom stereocenters. The second-order valence-corrected chi connectivity index (χ2v) is 4.85. The Morgan fingerprint density at radius 3 is 2.61 bits per heavy atom. The number of hydrogen-bond acceptors (Lipinski definition) is 2. The third-order valence-electron chi connectivity index (χ3n) is 3.30. The molecule has 0 fully saturated rings. The molecular formula is C16H19NO. The van der Waals surface area contributed by atoms with Crippen LogP contribution in [0.1, 0.15) is 34.1 Å². The molecule has 0 saturated heterocycles. The van der Waals surface area contributed by atoms with Gasteiger partial charge in [0.25, 0.3) is 0 Å². The molecule has 0 bridgehead atoms. The van der Waals surface area contributed by atoms with Crippen LogP contribution in [0.3, 0.4) is 0 Å². The van der Waals surface area contributed by atoms with E-state index < -0.39 is 6.10 Å². The summed E-state index contributed by atoms with van der Waals surface area (Å²) in [5, 5.41) is 10.4. The van der Waals surface area contributed by atoms with Crippen LogP contribution in [0.2, 0.25) is 0 Å². The van der Waals surface area contributed by atoms with E-state index in [1.165, 1.54) is 5.56 Å². The van der Waals surface area contributed by atoms with Gasteiger partial charge >= 0.3 is 0 Å². The van der Waals surface area contributed by atoms with Gasteiger partial charge in [0, 0.05) is 18.3 Å². The maximum atomic E-state index is 10.4. The highest BCUT2D eigenvalue weighted by atomic mass is 16.3. The first-order valence-electron chi connectivity index (χ1n) is 6.23. The first-order valence-corrected chi connectivity index (χ1v) is 6.23. The molecular weight excluding hydrogens is 222 g/mol. The Morgan fingerprint density at radius 2 is 1.89 bits per heavy atom. The number of nitrogens with zero attached hydrogens (tertiary/aromatic N) is 1. The Morgan fingerprint density at radius 1 is 1.11 bits per heavy atom. The summed E-state index contributed by atoms with van der Waals surface area (Å²) in [6.45, 7) is 6.10. The van der Waals surface area contributed by atoms with Gasteiger partial charge in [-0.15, -0.1) is 0 Å². The van der Waals surface area contributed by atoms with E-state index in [0.29, 0.717) is 6.42 Å². The molecule has 1 aromatic carbocycles. The van der Waals surface area contributed by atoms with Crippen LogP contribution in [0.4, 0.5) is 0 Å². The molecule has 0 aliphatic rings. The third kappa shape index (κ3) is 2.77. The Balaban J connectivity index is 2.25. The van der Waals surface area contributed by atoms with E-state index in [9.17, 15) is 5.11 Å². The van der Waals surface area contributed by atoms with Crippen molar-refractivity contribution < 1.29 is 5.11 Å². The summed E-state index contributed by atoms with van der Waals surface area (Å²) in [4.78, 5) is 4.34. The van der Waals surface area contributed by atoms with E-state index in [0.717, 1.165) is 22.4 Å². The summed E-state index contributed by atoms with van der Waals surface area (Å²) in [6.07, 6.45) is 1.85. The van der Waals surface area contributed by atoms with Crippen LogP contribution >= 0.6 is 0 Å². The molecule has 94 valence electrons. The lowest BCUT2D eigenvalue weighted by Gasteiger charge is -2.15. The fourth-order valence-corrected chi connectivity index (χ4v) is 2.14. The number of pyridine rings is 1. The van der Waals surface area contributed by atoms with Gasteiger partial charge in [-0.05, 0) is 43.5 Å². The second-order valence-electron chi connectivity index (χ2n) is 4.85. The summed E-state index contributed by atoms with van der Waals surface area (Å²) < 4.78 is 0. The number of rotatable bonds is 3. The SMILES string of the molecule is Cc1ccc(C)c(C(O)Cc2ncccc2C)c1. The third-order valence-corrected chi connectivity index (χ3v) is 3.30. The van der Waals surface area contributed by atoms with Crippen molar-refractivity contribution in [2.24, 2.45) is 0 Å². The molecule has 1 N–H and O–H groups in total. The zero-order valence-electron chi connectivity index (χ0n) is 11.1. The van der Waals surface area contributed by atoms with Gasteiger partial charge in [0.2, 0.25) is 0 Å². The van der Waals surface area contributed by atoms with Gasteiger partial charge in [0.05, 0.1) is 6.10 Å². The molecule has 0 saturated carbocycles. The topological polar surface area (TPSA) is 33.1 Å². The van der Waals surface area contributed by atoms with Crippen molar-refractivity contribution in [2.75, 3.05) is 0 Å². The van der Waals surface area contributed by atoms with Crippen LogP contribution in [-0.4, -0.2) is 10.1 Å². The minimum Gasteiger partial charge on any atom is -0.388 e. The highest BCUT2D eigenvalue weighted by molar-refractivity contribution is 5.33. The first kappa shape index (κ1) is 12.8. The van der Waals surface area contributed by atoms with E-state index in [-0.39, 0.29) is 0 Å². The molecule has 18 heavy (non-hydrogen) atoms. The molecule has 2 aromatic rings. The van der Waals surface area contributed by atoms with Crippen LogP contribution in [0.15, 0.2) is 36.5 Å². The predicted molar refractivity (Wildman–Crippen MR) is 73.6 cm³/mol. The summed E-state index contributed by atoms with van der Waals surface area (Å²) in [7, 11) is 0. The molecule has 1 heterocycles. The van der Waals surface area contributed by atoms with Crippen molar-refractivity contribution in [3.8, 4) is 0 Å². The Bertz CT molecular complexity index is 549. The smallest absolute Gasteiger partial charge is 0.0848 e. The first-order chi connectivity index (χ1) is 8.58. The van der Waals surface area contributed by atoms with E-state index in [4.69, 9.17) is 0 Å². The van der Waals surface area contributed by atoms with Crippen molar-refractivity contribution >= 4 is 0 Å². The maximum absolute atomic E-state index is 10.4. The fraction of sp³-hybridized carbons (Fsp3) is 0.312. The van der Waals surface area contributed by atoms with Gasteiger partial charge in [-0.1, -0.05) is 29.8 Å². The number of aliphatic hydroxyl groups is 1. The zero-order chi connectivity index (χ0) is 13.1. The Labute approximate surface area is 108 Å². The predicted octanol–water partition coefficient (Wildman–Crippen LogP) is 3.28. The standard InChI is InChI=1S/C16H19NO/c1-11-6-7-12(2)14(9-11)16(18)10-15-13(3)5-4-8-17-15/h4-9,16,18H,10H2,1-3H3. The van der Waals surface area contributed by atoms with Crippen LogP contribution in [0.5, 0.6) is 0 Å². The van der Waals surface area contributed by atoms with Gasteiger partial charge < -0.3 is 5.11 Å². The highest BCUT2D eigenvalue weighted by Gasteiger charge is 2.13. The van der Waals surface area contributed by atoms with Crippen LogP contribution < -0.4 is 0 Å². The van der Waals surface area contributed by atoms with Crippen LogP contribution in [-0.2, 0) is 6.42 Å². The van der Waals surface area contributed by atoms with E-state index in [1.807, 2.05) is 32.9 Å². The average Bonchev–Trinajstić information content (AvgIpc) is 2.35. The summed E-state index contributed by atoms with van der Waals surface area (Å²) in [6, 6.07) is 10.1. The number of hydrogen-bond donors (Lipinski definition) is 1. The van der Waals surface area contributed by atoms with Crippen molar-refractivity contribution in [1.82, 2.24) is 4.98 Å². The van der Waals surface area contributed by atoms with Crippen LogP contribution in [0.25, 0.3) is 0 Å². The molecule has 1 atom stereocenters. The molecule has 1 aromatic heterocycles. The number of aliphatic hydroxyl groups excluding tert-OH is 1. The molecule has 0 spiro atoms. The van der Waals surface area contributed by atoms with Gasteiger partial charge in [0.1, 0.15) is 0 Å². The zero-order valence-corrected chi connectivity index (χ0v) is 11.1. The van der Waals surface area contributed by atoms with Crippen LogP contribution in [0, 0.1) is 20.8 Å². The largest absolute Gasteiger partial charge is 0.388 e.